The van der Waals surface area contributed by atoms with Gasteiger partial charge in [-0.15, -0.1) is 10.2 Å². The van der Waals surface area contributed by atoms with Crippen LogP contribution in [0.3, 0.4) is 0 Å². The first-order valence-electron chi connectivity index (χ1n) is 7.75. The Kier molecular flexibility index (Phi) is 4.26. The minimum atomic E-state index is -0.465. The first-order chi connectivity index (χ1) is 10.6. The van der Waals surface area contributed by atoms with Gasteiger partial charge in [0.2, 0.25) is 0 Å². The Morgan fingerprint density at radius 1 is 1.23 bits per heavy atom. The third kappa shape index (κ3) is 3.20. The summed E-state index contributed by atoms with van der Waals surface area (Å²) in [4.78, 5) is 14.2. The normalized spacial score (nSPS) is 20.6. The van der Waals surface area contributed by atoms with Gasteiger partial charge in [0.1, 0.15) is 5.82 Å². The lowest BCUT2D eigenvalue weighted by molar-refractivity contribution is -0.181. The lowest BCUT2D eigenvalue weighted by Crippen LogP contribution is -2.47. The molecule has 22 heavy (non-hydrogen) atoms. The Hall–Kier alpha value is -1.73. The van der Waals surface area contributed by atoms with Crippen LogP contribution in [0.1, 0.15) is 37.2 Å². The lowest BCUT2D eigenvalue weighted by Gasteiger charge is -2.37. The van der Waals surface area contributed by atoms with Crippen molar-refractivity contribution in [2.24, 2.45) is 0 Å². The van der Waals surface area contributed by atoms with E-state index in [0.717, 1.165) is 0 Å². The summed E-state index contributed by atoms with van der Waals surface area (Å²) in [6, 6.07) is 3.78. The van der Waals surface area contributed by atoms with E-state index >= 15 is 0 Å². The lowest BCUT2D eigenvalue weighted by atomic mass is 10.0. The van der Waals surface area contributed by atoms with Crippen LogP contribution >= 0.6 is 0 Å². The van der Waals surface area contributed by atoms with Crippen molar-refractivity contribution in [3.05, 3.63) is 17.8 Å². The number of piperidine rings is 1. The average molecular weight is 306 g/mol. The second-order valence-corrected chi connectivity index (χ2v) is 6.00. The molecule has 3 heterocycles. The molecule has 0 radical (unpaired) electrons. The van der Waals surface area contributed by atoms with Crippen LogP contribution in [0.15, 0.2) is 12.1 Å². The molecule has 0 atom stereocenters. The number of amides is 1. The predicted molar refractivity (Wildman–Crippen MR) is 80.6 cm³/mol. The summed E-state index contributed by atoms with van der Waals surface area (Å²) in [6.07, 6.45) is 1.41. The summed E-state index contributed by atoms with van der Waals surface area (Å²) in [5, 5.41) is 11.2. The Bertz CT molecular complexity index is 516. The quantitative estimate of drug-likeness (QED) is 0.906. The van der Waals surface area contributed by atoms with Crippen LogP contribution in [-0.2, 0) is 9.47 Å². The first-order valence-corrected chi connectivity index (χ1v) is 7.75. The Morgan fingerprint density at radius 2 is 1.91 bits per heavy atom. The van der Waals surface area contributed by atoms with Crippen LogP contribution in [0, 0.1) is 0 Å². The summed E-state index contributed by atoms with van der Waals surface area (Å²) in [7, 11) is 0. The van der Waals surface area contributed by atoms with Gasteiger partial charge < -0.3 is 19.7 Å². The van der Waals surface area contributed by atoms with Crippen molar-refractivity contribution in [1.82, 2.24) is 15.1 Å². The van der Waals surface area contributed by atoms with Gasteiger partial charge in [0.25, 0.3) is 5.91 Å². The van der Waals surface area contributed by atoms with Crippen molar-refractivity contribution >= 4 is 11.7 Å². The molecule has 0 aliphatic carbocycles. The molecule has 7 heteroatoms. The van der Waals surface area contributed by atoms with Gasteiger partial charge in [-0.3, -0.25) is 4.79 Å². The Balaban J connectivity index is 1.60. The highest BCUT2D eigenvalue weighted by atomic mass is 16.7. The van der Waals surface area contributed by atoms with Crippen molar-refractivity contribution in [1.29, 1.82) is 0 Å². The van der Waals surface area contributed by atoms with Crippen molar-refractivity contribution in [3.63, 3.8) is 0 Å². The first kappa shape index (κ1) is 15.2. The SMILES string of the molecule is CC(C)Nc1ccc(C(=O)N2CCC3(CC2)OCCO3)nn1. The van der Waals surface area contributed by atoms with Crippen LogP contribution in [0.25, 0.3) is 0 Å². The maximum Gasteiger partial charge on any atom is 0.274 e. The number of carbonyl (C=O) groups is 1. The highest BCUT2D eigenvalue weighted by Gasteiger charge is 2.41. The molecule has 0 bridgehead atoms. The zero-order valence-corrected chi connectivity index (χ0v) is 13.0. The van der Waals surface area contributed by atoms with Gasteiger partial charge in [0, 0.05) is 32.0 Å². The molecule has 2 aliphatic rings. The summed E-state index contributed by atoms with van der Waals surface area (Å²) in [5.41, 5.74) is 0.374. The topological polar surface area (TPSA) is 76.6 Å². The molecule has 2 saturated heterocycles. The third-order valence-electron chi connectivity index (χ3n) is 3.95. The number of aromatic nitrogens is 2. The molecule has 3 rings (SSSR count). The van der Waals surface area contributed by atoms with Gasteiger partial charge in [-0.25, -0.2) is 0 Å². The van der Waals surface area contributed by atoms with Gasteiger partial charge in [0.05, 0.1) is 13.2 Å². The summed E-state index contributed by atoms with van der Waals surface area (Å²) in [6.45, 7) is 6.57. The fourth-order valence-corrected chi connectivity index (χ4v) is 2.82. The molecule has 1 amide bonds. The van der Waals surface area contributed by atoms with Gasteiger partial charge in [0.15, 0.2) is 11.5 Å². The molecule has 1 aromatic rings. The highest BCUT2D eigenvalue weighted by molar-refractivity contribution is 5.92. The molecule has 1 aromatic heterocycles. The van der Waals surface area contributed by atoms with Crippen LogP contribution in [-0.4, -0.2) is 59.1 Å². The monoisotopic (exact) mass is 306 g/mol. The second kappa shape index (κ2) is 6.18. The number of hydrogen-bond donors (Lipinski definition) is 1. The maximum atomic E-state index is 12.5. The number of rotatable bonds is 3. The number of ether oxygens (including phenoxy) is 2. The second-order valence-electron chi connectivity index (χ2n) is 6.00. The van der Waals surface area contributed by atoms with Crippen molar-refractivity contribution in [2.45, 2.75) is 38.5 Å². The van der Waals surface area contributed by atoms with E-state index in [4.69, 9.17) is 9.47 Å². The molecule has 1 spiro atoms. The fraction of sp³-hybridized carbons (Fsp3) is 0.667. The molecule has 2 aliphatic heterocycles. The largest absolute Gasteiger partial charge is 0.366 e. The van der Waals surface area contributed by atoms with Crippen molar-refractivity contribution < 1.29 is 14.3 Å². The van der Waals surface area contributed by atoms with Gasteiger partial charge in [-0.05, 0) is 26.0 Å². The molecule has 7 nitrogen and oxygen atoms in total. The maximum absolute atomic E-state index is 12.5. The van der Waals surface area contributed by atoms with E-state index in [9.17, 15) is 4.79 Å². The molecule has 1 N–H and O–H groups in total. The van der Waals surface area contributed by atoms with Gasteiger partial charge in [-0.2, -0.15) is 0 Å². The van der Waals surface area contributed by atoms with Crippen LogP contribution in [0.5, 0.6) is 0 Å². The predicted octanol–water partition coefficient (Wildman–Crippen LogP) is 1.28. The number of nitrogens with one attached hydrogen (secondary N) is 1. The van der Waals surface area contributed by atoms with E-state index in [1.165, 1.54) is 0 Å². The molecular weight excluding hydrogens is 284 g/mol. The van der Waals surface area contributed by atoms with Crippen molar-refractivity contribution in [3.8, 4) is 0 Å². The zero-order chi connectivity index (χ0) is 15.6. The summed E-state index contributed by atoms with van der Waals surface area (Å²) >= 11 is 0. The minimum Gasteiger partial charge on any atom is -0.366 e. The summed E-state index contributed by atoms with van der Waals surface area (Å²) < 4.78 is 11.3. The van der Waals surface area contributed by atoms with E-state index < -0.39 is 5.79 Å². The summed E-state index contributed by atoms with van der Waals surface area (Å²) in [5.74, 6) is 0.126. The smallest absolute Gasteiger partial charge is 0.274 e. The zero-order valence-electron chi connectivity index (χ0n) is 13.0. The Morgan fingerprint density at radius 3 is 2.45 bits per heavy atom. The van der Waals surface area contributed by atoms with E-state index in [-0.39, 0.29) is 11.9 Å². The molecular formula is C15H22N4O3. The Labute approximate surface area is 130 Å². The van der Waals surface area contributed by atoms with Crippen molar-refractivity contribution in [2.75, 3.05) is 31.6 Å². The highest BCUT2D eigenvalue weighted by Crippen LogP contribution is 2.31. The number of carbonyl (C=O) groups excluding carboxylic acids is 1. The number of nitrogens with zero attached hydrogens (tertiary/aromatic N) is 3. The molecule has 0 aromatic carbocycles. The van der Waals surface area contributed by atoms with Crippen LogP contribution in [0.4, 0.5) is 5.82 Å². The fourth-order valence-electron chi connectivity index (χ4n) is 2.82. The molecule has 2 fully saturated rings. The number of likely N-dealkylation sites (tertiary alicyclic amines) is 1. The van der Waals surface area contributed by atoms with E-state index in [1.807, 2.05) is 13.8 Å². The number of anilines is 1. The standard InChI is InChI=1S/C15H22N4O3/c1-11(2)16-13-4-3-12(17-18-13)14(20)19-7-5-15(6-8-19)21-9-10-22-15/h3-4,11H,5-10H2,1-2H3,(H,16,18). The van der Waals surface area contributed by atoms with E-state index in [0.29, 0.717) is 50.7 Å². The minimum absolute atomic E-state index is 0.0866. The van der Waals surface area contributed by atoms with Crippen LogP contribution in [0.2, 0.25) is 0 Å². The number of hydrogen-bond acceptors (Lipinski definition) is 6. The van der Waals surface area contributed by atoms with E-state index in [1.54, 1.807) is 17.0 Å². The van der Waals surface area contributed by atoms with Gasteiger partial charge >= 0.3 is 0 Å². The molecule has 0 saturated carbocycles. The average Bonchev–Trinajstić information content (AvgIpc) is 2.96. The molecule has 0 unspecified atom stereocenters. The van der Waals surface area contributed by atoms with E-state index in [2.05, 4.69) is 15.5 Å². The molecule has 120 valence electrons. The van der Waals surface area contributed by atoms with Gasteiger partial charge in [-0.1, -0.05) is 0 Å². The van der Waals surface area contributed by atoms with Crippen LogP contribution < -0.4 is 5.32 Å². The third-order valence-corrected chi connectivity index (χ3v) is 3.95.